The number of allylic oxidation sites excluding steroid dienone is 2. The molecule has 0 N–H and O–H groups in total. The van der Waals surface area contributed by atoms with Crippen LogP contribution in [0.1, 0.15) is 22.3 Å². The predicted octanol–water partition coefficient (Wildman–Crippen LogP) is 5.17. The summed E-state index contributed by atoms with van der Waals surface area (Å²) in [5.41, 5.74) is 4.77. The number of rotatable bonds is 6. The van der Waals surface area contributed by atoms with Gasteiger partial charge in [0.05, 0.1) is 0 Å². The first-order valence-corrected chi connectivity index (χ1v) is 8.35. The van der Waals surface area contributed by atoms with E-state index in [0.29, 0.717) is 11.1 Å². The normalized spacial score (nSPS) is 11.8. The Kier molecular flexibility index (Phi) is 5.69. The van der Waals surface area contributed by atoms with E-state index in [1.165, 1.54) is 0 Å². The molecule has 2 nitrogen and oxygen atoms in total. The van der Waals surface area contributed by atoms with E-state index in [9.17, 15) is 9.59 Å². The minimum atomic E-state index is 0.599. The summed E-state index contributed by atoms with van der Waals surface area (Å²) < 4.78 is 0. The summed E-state index contributed by atoms with van der Waals surface area (Å²) in [7, 11) is 0. The van der Waals surface area contributed by atoms with E-state index in [1.807, 2.05) is 97.1 Å². The highest BCUT2D eigenvalue weighted by Gasteiger charge is 2.04. The molecule has 0 saturated heterocycles. The van der Waals surface area contributed by atoms with Crippen molar-refractivity contribution in [2.24, 2.45) is 0 Å². The van der Waals surface area contributed by atoms with E-state index >= 15 is 0 Å². The molecule has 0 amide bonds. The number of benzene rings is 3. The lowest BCUT2D eigenvalue weighted by atomic mass is 9.99. The number of aldehydes is 2. The van der Waals surface area contributed by atoms with Crippen molar-refractivity contribution in [1.29, 1.82) is 0 Å². The minimum absolute atomic E-state index is 0.599. The molecule has 0 aliphatic heterocycles. The van der Waals surface area contributed by atoms with Gasteiger partial charge < -0.3 is 0 Å². The third-order valence-corrected chi connectivity index (χ3v) is 4.05. The second-order valence-corrected chi connectivity index (χ2v) is 5.83. The standard InChI is InChI=1S/C24H18O2/c25-17-23(15-19-7-3-1-4-8-19)21-11-13-22(14-12-21)24(18-26)16-20-9-5-2-6-10-20/h1-18H/b23-15-,24-16-. The van der Waals surface area contributed by atoms with Crippen LogP contribution in [-0.4, -0.2) is 12.6 Å². The lowest BCUT2D eigenvalue weighted by Gasteiger charge is -2.05. The summed E-state index contributed by atoms with van der Waals surface area (Å²) in [5, 5.41) is 0. The van der Waals surface area contributed by atoms with Gasteiger partial charge in [0.2, 0.25) is 0 Å². The largest absolute Gasteiger partial charge is 0.298 e. The van der Waals surface area contributed by atoms with E-state index in [1.54, 1.807) is 0 Å². The van der Waals surface area contributed by atoms with Gasteiger partial charge in [0.15, 0.2) is 12.6 Å². The lowest BCUT2D eigenvalue weighted by Crippen LogP contribution is -1.90. The quantitative estimate of drug-likeness (QED) is 0.353. The third kappa shape index (κ3) is 4.31. The summed E-state index contributed by atoms with van der Waals surface area (Å²) in [6.07, 6.45) is 5.40. The summed E-state index contributed by atoms with van der Waals surface area (Å²) in [6.45, 7) is 0. The highest BCUT2D eigenvalue weighted by molar-refractivity contribution is 6.15. The molecule has 0 aliphatic rings. The highest BCUT2D eigenvalue weighted by Crippen LogP contribution is 2.21. The van der Waals surface area contributed by atoms with Crippen LogP contribution in [-0.2, 0) is 9.59 Å². The maximum absolute atomic E-state index is 11.5. The maximum Gasteiger partial charge on any atom is 0.150 e. The van der Waals surface area contributed by atoms with Crippen molar-refractivity contribution in [3.05, 3.63) is 107 Å². The zero-order chi connectivity index (χ0) is 18.2. The fourth-order valence-corrected chi connectivity index (χ4v) is 2.68. The van der Waals surface area contributed by atoms with Gasteiger partial charge in [0, 0.05) is 11.1 Å². The van der Waals surface area contributed by atoms with Crippen LogP contribution in [0.2, 0.25) is 0 Å². The molecule has 3 aromatic rings. The Morgan fingerprint density at radius 1 is 0.500 bits per heavy atom. The second kappa shape index (κ2) is 8.54. The summed E-state index contributed by atoms with van der Waals surface area (Å²) in [6, 6.07) is 26.9. The van der Waals surface area contributed by atoms with Gasteiger partial charge in [-0.1, -0.05) is 84.9 Å². The van der Waals surface area contributed by atoms with E-state index in [4.69, 9.17) is 0 Å². The Balaban J connectivity index is 1.90. The Hall–Kier alpha value is -3.52. The number of carbonyl (C=O) groups excluding carboxylic acids is 2. The van der Waals surface area contributed by atoms with Crippen LogP contribution in [0.4, 0.5) is 0 Å². The average Bonchev–Trinajstić information content (AvgIpc) is 2.72. The molecule has 3 aromatic carbocycles. The second-order valence-electron chi connectivity index (χ2n) is 5.83. The van der Waals surface area contributed by atoms with Crippen molar-refractivity contribution >= 4 is 35.9 Å². The van der Waals surface area contributed by atoms with E-state index in [-0.39, 0.29) is 0 Å². The molecule has 0 bridgehead atoms. The van der Waals surface area contributed by atoms with Crippen molar-refractivity contribution in [3.8, 4) is 0 Å². The molecule has 26 heavy (non-hydrogen) atoms. The zero-order valence-electron chi connectivity index (χ0n) is 14.2. The van der Waals surface area contributed by atoms with Gasteiger partial charge in [0.25, 0.3) is 0 Å². The van der Waals surface area contributed by atoms with Crippen LogP contribution in [0.25, 0.3) is 23.3 Å². The molecule has 2 heteroatoms. The average molecular weight is 338 g/mol. The van der Waals surface area contributed by atoms with Crippen LogP contribution in [0.5, 0.6) is 0 Å². The van der Waals surface area contributed by atoms with Crippen molar-refractivity contribution in [2.45, 2.75) is 0 Å². The van der Waals surface area contributed by atoms with Crippen molar-refractivity contribution < 1.29 is 9.59 Å². The van der Waals surface area contributed by atoms with Crippen LogP contribution >= 0.6 is 0 Å². The molecule has 0 fully saturated rings. The van der Waals surface area contributed by atoms with Gasteiger partial charge in [-0.15, -0.1) is 0 Å². The van der Waals surface area contributed by atoms with E-state index in [0.717, 1.165) is 34.8 Å². The molecule has 0 spiro atoms. The van der Waals surface area contributed by atoms with Crippen molar-refractivity contribution in [2.75, 3.05) is 0 Å². The van der Waals surface area contributed by atoms with E-state index in [2.05, 4.69) is 0 Å². The number of carbonyl (C=O) groups is 2. The Bertz CT molecular complexity index is 854. The molecule has 0 atom stereocenters. The molecule has 0 aliphatic carbocycles. The molecule has 0 saturated carbocycles. The topological polar surface area (TPSA) is 34.1 Å². The van der Waals surface area contributed by atoms with Gasteiger partial charge >= 0.3 is 0 Å². The molecular weight excluding hydrogens is 320 g/mol. The lowest BCUT2D eigenvalue weighted by molar-refractivity contribution is -0.104. The molecular formula is C24H18O2. The Labute approximate surface area is 153 Å². The molecule has 126 valence electrons. The maximum atomic E-state index is 11.5. The SMILES string of the molecule is O=C/C(=C/c1ccccc1)c1ccc(/C(C=O)=C\c2ccccc2)cc1. The van der Waals surface area contributed by atoms with Crippen molar-refractivity contribution in [3.63, 3.8) is 0 Å². The Morgan fingerprint density at radius 3 is 1.15 bits per heavy atom. The molecule has 0 unspecified atom stereocenters. The predicted molar refractivity (Wildman–Crippen MR) is 107 cm³/mol. The van der Waals surface area contributed by atoms with E-state index < -0.39 is 0 Å². The van der Waals surface area contributed by atoms with Crippen LogP contribution in [0.15, 0.2) is 84.9 Å². The summed E-state index contributed by atoms with van der Waals surface area (Å²) in [4.78, 5) is 23.0. The van der Waals surface area contributed by atoms with Gasteiger partial charge in [-0.25, -0.2) is 0 Å². The van der Waals surface area contributed by atoms with Crippen LogP contribution in [0.3, 0.4) is 0 Å². The highest BCUT2D eigenvalue weighted by atomic mass is 16.1. The number of hydrogen-bond donors (Lipinski definition) is 0. The van der Waals surface area contributed by atoms with Gasteiger partial charge in [0.1, 0.15) is 0 Å². The van der Waals surface area contributed by atoms with Gasteiger partial charge in [-0.3, -0.25) is 9.59 Å². The summed E-state index contributed by atoms with van der Waals surface area (Å²) >= 11 is 0. The van der Waals surface area contributed by atoms with Crippen molar-refractivity contribution in [1.82, 2.24) is 0 Å². The van der Waals surface area contributed by atoms with Gasteiger partial charge in [-0.05, 0) is 34.4 Å². The smallest absolute Gasteiger partial charge is 0.150 e. The zero-order valence-corrected chi connectivity index (χ0v) is 14.2. The first kappa shape index (κ1) is 17.3. The minimum Gasteiger partial charge on any atom is -0.298 e. The molecule has 0 aromatic heterocycles. The first-order valence-electron chi connectivity index (χ1n) is 8.35. The first-order chi connectivity index (χ1) is 12.8. The van der Waals surface area contributed by atoms with Crippen LogP contribution < -0.4 is 0 Å². The number of hydrogen-bond acceptors (Lipinski definition) is 2. The Morgan fingerprint density at radius 2 is 0.846 bits per heavy atom. The molecule has 0 heterocycles. The third-order valence-electron chi connectivity index (χ3n) is 4.05. The summed E-state index contributed by atoms with van der Waals surface area (Å²) in [5.74, 6) is 0. The molecule has 0 radical (unpaired) electrons. The van der Waals surface area contributed by atoms with Gasteiger partial charge in [-0.2, -0.15) is 0 Å². The fourth-order valence-electron chi connectivity index (χ4n) is 2.68. The monoisotopic (exact) mass is 338 g/mol. The fraction of sp³-hybridized carbons (Fsp3) is 0. The molecule has 3 rings (SSSR count). The van der Waals surface area contributed by atoms with Crippen LogP contribution in [0, 0.1) is 0 Å².